The zero-order valence-corrected chi connectivity index (χ0v) is 76.8. The van der Waals surface area contributed by atoms with Crippen LogP contribution in [0.15, 0.2) is 97.1 Å². The van der Waals surface area contributed by atoms with Crippen LogP contribution in [-0.4, -0.2) is 177 Å². The van der Waals surface area contributed by atoms with Gasteiger partial charge in [-0.05, 0) is 146 Å². The molecule has 0 aromatic heterocycles. The summed E-state index contributed by atoms with van der Waals surface area (Å²) >= 11 is 0. The standard InChI is InChI=1S/C100H136O28/c1-13-21-25-29-33-73-53-77-61-79-55-74(34-30-26-22-14-2)57-81(94(79)122-46-50-126-98(110)70(10)38-42-118-90(106)66-86(102)114-18-6)63-83-59-76(36-32-28-24-16-4)60-84(96(83)124-48-52-128-100(112)72(12)40-44-120-92(108)68-88(104)116-20-8)64-82-58-75(35-31-27-23-15-3)56-80(95(82)123-47-51-127-99(111)71(11)39-43-119-91(107)67-87(103)115-19-7)62-78(54-73)93(77)121-45-49-125-97(109)69(9)37-41-117-89(105)65-85(101)113-17-5/h53-60H,9-52,61-68H2,1-8H3. The maximum atomic E-state index is 13.8. The van der Waals surface area contributed by atoms with Crippen molar-refractivity contribution in [3.8, 4) is 23.0 Å². The van der Waals surface area contributed by atoms with Gasteiger partial charge in [-0.1, -0.05) is 180 Å². The van der Waals surface area contributed by atoms with Crippen molar-refractivity contribution in [2.45, 2.75) is 261 Å². The maximum absolute atomic E-state index is 13.8. The molecule has 0 aliphatic heterocycles. The van der Waals surface area contributed by atoms with E-state index in [0.29, 0.717) is 48.7 Å². The molecule has 0 fully saturated rings. The Bertz CT molecular complexity index is 3700. The SMILES string of the molecule is C=C(CCOC(=O)CC(=O)OCC)C(=O)OCCOc1c2cc(CCCCCC)cc1Cc1cc(CCCCCC)cc(c1OCCOC(=O)C(=C)CCOC(=O)CC(=O)OCC)Cc1cc(CCCCCC)cc(c1OCCOC(=O)C(=C)CCOC(=O)CC(=O)OCC)Cc1cc(CCCCCC)cc(c1OCCOC(=O)C(=C)CCOC(=O)CC(=O)OCC)C2. The molecule has 0 saturated heterocycles. The Labute approximate surface area is 754 Å². The van der Waals surface area contributed by atoms with E-state index in [1.165, 1.54) is 0 Å². The summed E-state index contributed by atoms with van der Waals surface area (Å²) in [6.45, 7) is 28.4. The van der Waals surface area contributed by atoms with Gasteiger partial charge in [0.1, 0.15) is 102 Å². The number of carbonyl (C=O) groups excluding carboxylic acids is 12. The molecule has 0 unspecified atom stereocenters. The lowest BCUT2D eigenvalue weighted by Gasteiger charge is -2.25. The predicted octanol–water partition coefficient (Wildman–Crippen LogP) is 16.3. The Kier molecular flexibility index (Phi) is 51.9. The Morgan fingerprint density at radius 1 is 0.227 bits per heavy atom. The highest BCUT2D eigenvalue weighted by Crippen LogP contribution is 2.42. The van der Waals surface area contributed by atoms with Crippen LogP contribution in [-0.2, 0) is 166 Å². The molecule has 4 aromatic carbocycles. The molecule has 28 heteroatoms. The average Bonchev–Trinajstić information content (AvgIpc) is 0.771. The van der Waals surface area contributed by atoms with Crippen LogP contribution in [0.4, 0.5) is 0 Å². The smallest absolute Gasteiger partial charge is 0.333 e. The van der Waals surface area contributed by atoms with E-state index in [0.717, 1.165) is 169 Å². The zero-order valence-electron chi connectivity index (χ0n) is 76.8. The topological polar surface area (TPSA) is 353 Å². The van der Waals surface area contributed by atoms with Crippen molar-refractivity contribution < 1.29 is 133 Å². The summed E-state index contributed by atoms with van der Waals surface area (Å²) in [6.07, 6.45) is 15.9. The molecule has 0 heterocycles. The first-order valence-corrected chi connectivity index (χ1v) is 45.5. The van der Waals surface area contributed by atoms with E-state index < -0.39 is 97.3 Å². The Hall–Kier alpha value is -11.3. The summed E-state index contributed by atoms with van der Waals surface area (Å²) in [5.41, 5.74) is 10.0. The third kappa shape index (κ3) is 41.6. The van der Waals surface area contributed by atoms with Gasteiger partial charge in [-0.2, -0.15) is 0 Å². The van der Waals surface area contributed by atoms with E-state index in [9.17, 15) is 57.5 Å². The van der Waals surface area contributed by atoms with Crippen molar-refractivity contribution in [3.63, 3.8) is 0 Å². The summed E-state index contributed by atoms with van der Waals surface area (Å²) in [5, 5.41) is 0. The minimum atomic E-state index is -0.827. The largest absolute Gasteiger partial charge is 0.489 e. The van der Waals surface area contributed by atoms with E-state index >= 15 is 0 Å². The number of hydrogen-bond donors (Lipinski definition) is 0. The lowest BCUT2D eigenvalue weighted by molar-refractivity contribution is -0.156. The van der Waals surface area contributed by atoms with Crippen LogP contribution < -0.4 is 18.9 Å². The summed E-state index contributed by atoms with van der Waals surface area (Å²) in [7, 11) is 0. The molecule has 0 atom stereocenters. The van der Waals surface area contributed by atoms with Gasteiger partial charge in [0.05, 0.1) is 52.9 Å². The molecule has 1 aliphatic carbocycles. The molecule has 128 heavy (non-hydrogen) atoms. The van der Waals surface area contributed by atoms with Gasteiger partial charge in [0.2, 0.25) is 0 Å². The van der Waals surface area contributed by atoms with Gasteiger partial charge in [0, 0.05) is 73.7 Å². The molecule has 0 radical (unpaired) electrons. The van der Waals surface area contributed by atoms with Crippen LogP contribution in [0.5, 0.6) is 23.0 Å². The van der Waals surface area contributed by atoms with Crippen LogP contribution in [0.2, 0.25) is 0 Å². The second-order valence-electron chi connectivity index (χ2n) is 31.1. The minimum Gasteiger partial charge on any atom is -0.489 e. The van der Waals surface area contributed by atoms with Crippen LogP contribution >= 0.6 is 0 Å². The molecule has 8 bridgehead atoms. The third-order valence-electron chi connectivity index (χ3n) is 20.5. The van der Waals surface area contributed by atoms with Gasteiger partial charge in [0.25, 0.3) is 0 Å². The van der Waals surface area contributed by atoms with Crippen LogP contribution in [0.3, 0.4) is 0 Å². The van der Waals surface area contributed by atoms with Crippen molar-refractivity contribution in [1.29, 1.82) is 0 Å². The quantitative estimate of drug-likeness (QED) is 0.0115. The number of esters is 12. The summed E-state index contributed by atoms with van der Waals surface area (Å²) in [6, 6.07) is 17.2. The first-order valence-electron chi connectivity index (χ1n) is 45.5. The highest BCUT2D eigenvalue weighted by atomic mass is 16.6. The summed E-state index contributed by atoms with van der Waals surface area (Å²) < 4.78 is 92.3. The number of carbonyl (C=O) groups is 12. The molecule has 0 amide bonds. The molecule has 0 N–H and O–H groups in total. The number of benzene rings is 4. The van der Waals surface area contributed by atoms with Gasteiger partial charge in [0.15, 0.2) is 0 Å². The minimum absolute atomic E-state index is 0.00588. The molecule has 0 spiro atoms. The van der Waals surface area contributed by atoms with Gasteiger partial charge < -0.3 is 75.8 Å². The number of rotatable bonds is 64. The molecule has 4 aromatic rings. The number of hydrogen-bond acceptors (Lipinski definition) is 28. The van der Waals surface area contributed by atoms with E-state index in [1.807, 2.05) is 0 Å². The molecular weight excluding hydrogens is 1650 g/mol. The Balaban J connectivity index is 1.84. The maximum Gasteiger partial charge on any atom is 0.333 e. The van der Waals surface area contributed by atoms with Crippen molar-refractivity contribution in [2.75, 3.05) is 106 Å². The second-order valence-corrected chi connectivity index (χ2v) is 31.1. The van der Waals surface area contributed by atoms with Gasteiger partial charge in [-0.15, -0.1) is 0 Å². The second kappa shape index (κ2) is 62.0. The number of aryl methyl sites for hydroxylation is 4. The first-order chi connectivity index (χ1) is 61.8. The Morgan fingerprint density at radius 3 is 0.578 bits per heavy atom. The average molecular weight is 1790 g/mol. The molecular formula is C100H136O28. The molecule has 5 rings (SSSR count). The van der Waals surface area contributed by atoms with E-state index in [-0.39, 0.29) is 179 Å². The number of fused-ring (bicyclic) bond motifs is 8. The van der Waals surface area contributed by atoms with Crippen LogP contribution in [0.25, 0.3) is 0 Å². The summed E-state index contributed by atoms with van der Waals surface area (Å²) in [5.74, 6) is -7.45. The summed E-state index contributed by atoms with van der Waals surface area (Å²) in [4.78, 5) is 153. The lowest BCUT2D eigenvalue weighted by atomic mass is 9.87. The van der Waals surface area contributed by atoms with Crippen molar-refractivity contribution >= 4 is 71.6 Å². The highest BCUT2D eigenvalue weighted by molar-refractivity contribution is 5.94. The first kappa shape index (κ1) is 107. The third-order valence-corrected chi connectivity index (χ3v) is 20.5. The molecule has 0 saturated carbocycles. The predicted molar refractivity (Wildman–Crippen MR) is 478 cm³/mol. The van der Waals surface area contributed by atoms with Crippen molar-refractivity contribution in [3.05, 3.63) is 164 Å². The van der Waals surface area contributed by atoms with E-state index in [4.69, 9.17) is 75.8 Å². The molecule has 704 valence electrons. The van der Waals surface area contributed by atoms with Crippen LogP contribution in [0.1, 0.15) is 276 Å². The molecule has 1 aliphatic rings. The Morgan fingerprint density at radius 2 is 0.406 bits per heavy atom. The van der Waals surface area contributed by atoms with Gasteiger partial charge in [-0.25, -0.2) is 19.2 Å². The fraction of sp³-hybridized carbons (Fsp3) is 0.560. The van der Waals surface area contributed by atoms with Crippen molar-refractivity contribution in [1.82, 2.24) is 0 Å². The zero-order chi connectivity index (χ0) is 93.4. The lowest BCUT2D eigenvalue weighted by Crippen LogP contribution is -2.18. The normalized spacial score (nSPS) is 11.3. The van der Waals surface area contributed by atoms with E-state index in [1.54, 1.807) is 27.7 Å². The molecule has 28 nitrogen and oxygen atoms in total. The monoisotopic (exact) mass is 1780 g/mol. The van der Waals surface area contributed by atoms with Gasteiger partial charge in [-0.3, -0.25) is 38.4 Å². The van der Waals surface area contributed by atoms with Crippen LogP contribution in [0, 0.1) is 0 Å². The fourth-order valence-corrected chi connectivity index (χ4v) is 14.1. The van der Waals surface area contributed by atoms with Gasteiger partial charge >= 0.3 is 71.6 Å². The number of ether oxygens (including phenoxy) is 16. The number of unbranched alkanes of at least 4 members (excludes halogenated alkanes) is 12. The van der Waals surface area contributed by atoms with E-state index in [2.05, 4.69) is 103 Å². The fourth-order valence-electron chi connectivity index (χ4n) is 14.1. The highest BCUT2D eigenvalue weighted by Gasteiger charge is 2.28. The van der Waals surface area contributed by atoms with Crippen molar-refractivity contribution in [2.24, 2.45) is 0 Å².